The highest BCUT2D eigenvalue weighted by Gasteiger charge is 2.32. The Balaban J connectivity index is 2.08. The highest BCUT2D eigenvalue weighted by atomic mass is 35.5. The van der Waals surface area contributed by atoms with E-state index in [0.717, 1.165) is 5.56 Å². The molecule has 0 fully saturated rings. The molecule has 6 heteroatoms. The first-order chi connectivity index (χ1) is 12.5. The number of hydrogen-bond donors (Lipinski definition) is 3. The number of Topliss-reactive ketones (excluding diaryl/α,β-unsaturated/α-hetero) is 1. The lowest BCUT2D eigenvalue weighted by molar-refractivity contribution is -0.115. The first-order valence-electron chi connectivity index (χ1n) is 8.35. The van der Waals surface area contributed by atoms with Crippen LogP contribution in [0.5, 0.6) is 5.75 Å². The second-order valence-electron chi connectivity index (χ2n) is 6.07. The maximum Gasteiger partial charge on any atom is 0.319 e. The Bertz CT molecular complexity index is 878. The minimum atomic E-state index is -0.618. The summed E-state index contributed by atoms with van der Waals surface area (Å²) in [5.74, 6) is -0.106. The van der Waals surface area contributed by atoms with Crippen LogP contribution in [0.4, 0.5) is 4.79 Å². The van der Waals surface area contributed by atoms with Gasteiger partial charge in [-0.1, -0.05) is 54.9 Å². The molecule has 0 bridgehead atoms. The third-order valence-electron chi connectivity index (χ3n) is 4.30. The number of rotatable bonds is 5. The topological polar surface area (TPSA) is 78.4 Å². The predicted octanol–water partition coefficient (Wildman–Crippen LogP) is 3.88. The van der Waals surface area contributed by atoms with Crippen LogP contribution < -0.4 is 10.6 Å². The molecular weight excluding hydrogens is 352 g/mol. The van der Waals surface area contributed by atoms with E-state index in [1.54, 1.807) is 19.1 Å². The Kier molecular flexibility index (Phi) is 5.28. The normalized spacial score (nSPS) is 16.8. The third-order valence-corrected chi connectivity index (χ3v) is 4.61. The standard InChI is InChI=1S/C20H19ClN2O3/c1-2-16(24)18-15(10-12-6-4-3-5-7-12)22-20(26)23-19(18)13-8-9-17(25)14(21)11-13/h3-9,11,19,25H,2,10H2,1H3,(H2,22,23,26)/t19-/m0/s1. The van der Waals surface area contributed by atoms with E-state index in [1.807, 2.05) is 30.3 Å². The lowest BCUT2D eigenvalue weighted by atomic mass is 9.89. The van der Waals surface area contributed by atoms with Gasteiger partial charge in [-0.3, -0.25) is 4.79 Å². The summed E-state index contributed by atoms with van der Waals surface area (Å²) in [6.07, 6.45) is 0.755. The van der Waals surface area contributed by atoms with E-state index in [9.17, 15) is 14.7 Å². The molecule has 3 rings (SSSR count). The molecule has 1 atom stereocenters. The Morgan fingerprint density at radius 1 is 1.19 bits per heavy atom. The number of aromatic hydroxyl groups is 1. The van der Waals surface area contributed by atoms with Gasteiger partial charge in [-0.25, -0.2) is 4.79 Å². The van der Waals surface area contributed by atoms with Gasteiger partial charge in [0.05, 0.1) is 11.1 Å². The molecule has 2 aromatic rings. The van der Waals surface area contributed by atoms with Crippen LogP contribution in [0.15, 0.2) is 59.8 Å². The van der Waals surface area contributed by atoms with Gasteiger partial charge in [0, 0.05) is 24.1 Å². The van der Waals surface area contributed by atoms with E-state index in [-0.39, 0.29) is 22.6 Å². The number of phenols is 1. The van der Waals surface area contributed by atoms with Gasteiger partial charge in [0.1, 0.15) is 5.75 Å². The van der Waals surface area contributed by atoms with Crippen LogP contribution in [-0.2, 0) is 11.2 Å². The van der Waals surface area contributed by atoms with Gasteiger partial charge in [-0.05, 0) is 23.3 Å². The quantitative estimate of drug-likeness (QED) is 0.747. The molecule has 1 aliphatic heterocycles. The number of nitrogens with one attached hydrogen (secondary N) is 2. The van der Waals surface area contributed by atoms with Gasteiger partial charge in [0.25, 0.3) is 0 Å². The number of urea groups is 1. The van der Waals surface area contributed by atoms with Crippen molar-refractivity contribution in [2.75, 3.05) is 0 Å². The van der Waals surface area contributed by atoms with E-state index >= 15 is 0 Å². The second-order valence-corrected chi connectivity index (χ2v) is 6.48. The molecule has 2 amide bonds. The Labute approximate surface area is 156 Å². The maximum atomic E-state index is 12.7. The fourth-order valence-electron chi connectivity index (χ4n) is 3.03. The second kappa shape index (κ2) is 7.62. The monoisotopic (exact) mass is 370 g/mol. The van der Waals surface area contributed by atoms with Crippen LogP contribution in [0.1, 0.15) is 30.5 Å². The van der Waals surface area contributed by atoms with Crippen molar-refractivity contribution in [2.45, 2.75) is 25.8 Å². The average molecular weight is 371 g/mol. The maximum absolute atomic E-state index is 12.7. The summed E-state index contributed by atoms with van der Waals surface area (Å²) >= 11 is 6.02. The third kappa shape index (κ3) is 3.73. The molecule has 0 unspecified atom stereocenters. The van der Waals surface area contributed by atoms with Crippen molar-refractivity contribution in [3.63, 3.8) is 0 Å². The Morgan fingerprint density at radius 2 is 1.92 bits per heavy atom. The molecule has 0 radical (unpaired) electrons. The Morgan fingerprint density at radius 3 is 2.58 bits per heavy atom. The smallest absolute Gasteiger partial charge is 0.319 e. The van der Waals surface area contributed by atoms with Crippen molar-refractivity contribution in [3.05, 3.63) is 76.0 Å². The summed E-state index contributed by atoms with van der Waals surface area (Å²) in [5, 5.41) is 15.4. The van der Waals surface area contributed by atoms with Crippen LogP contribution in [0.25, 0.3) is 0 Å². The van der Waals surface area contributed by atoms with E-state index < -0.39 is 6.04 Å². The zero-order valence-electron chi connectivity index (χ0n) is 14.3. The van der Waals surface area contributed by atoms with E-state index in [0.29, 0.717) is 29.7 Å². The number of carbonyl (C=O) groups excluding carboxylic acids is 2. The molecule has 0 saturated carbocycles. The summed E-state index contributed by atoms with van der Waals surface area (Å²) < 4.78 is 0. The van der Waals surface area contributed by atoms with Gasteiger partial charge >= 0.3 is 6.03 Å². The van der Waals surface area contributed by atoms with Crippen molar-refractivity contribution in [1.82, 2.24) is 10.6 Å². The summed E-state index contributed by atoms with van der Waals surface area (Å²) in [7, 11) is 0. The van der Waals surface area contributed by atoms with E-state index in [4.69, 9.17) is 11.6 Å². The van der Waals surface area contributed by atoms with Gasteiger partial charge in [-0.2, -0.15) is 0 Å². The predicted molar refractivity (Wildman–Crippen MR) is 100.0 cm³/mol. The Hall–Kier alpha value is -2.79. The van der Waals surface area contributed by atoms with E-state index in [1.165, 1.54) is 6.07 Å². The number of phenolic OH excluding ortho intramolecular Hbond substituents is 1. The summed E-state index contributed by atoms with van der Waals surface area (Å²) in [6.45, 7) is 1.78. The molecule has 2 aromatic carbocycles. The van der Waals surface area contributed by atoms with E-state index in [2.05, 4.69) is 10.6 Å². The summed E-state index contributed by atoms with van der Waals surface area (Å²) in [6, 6.07) is 13.3. The van der Waals surface area contributed by atoms with Crippen molar-refractivity contribution in [1.29, 1.82) is 0 Å². The van der Waals surface area contributed by atoms with Crippen molar-refractivity contribution in [2.24, 2.45) is 0 Å². The molecule has 5 nitrogen and oxygen atoms in total. The number of halogens is 1. The fraction of sp³-hybridized carbons (Fsp3) is 0.200. The number of amides is 2. The van der Waals surface area contributed by atoms with Gasteiger partial charge in [0.2, 0.25) is 0 Å². The highest BCUT2D eigenvalue weighted by molar-refractivity contribution is 6.32. The molecule has 3 N–H and O–H groups in total. The van der Waals surface area contributed by atoms with Crippen LogP contribution in [-0.4, -0.2) is 16.9 Å². The zero-order valence-corrected chi connectivity index (χ0v) is 15.0. The number of carbonyl (C=O) groups is 2. The first kappa shape index (κ1) is 18.0. The van der Waals surface area contributed by atoms with Crippen molar-refractivity contribution < 1.29 is 14.7 Å². The largest absolute Gasteiger partial charge is 0.506 e. The van der Waals surface area contributed by atoms with Gasteiger partial charge < -0.3 is 15.7 Å². The SMILES string of the molecule is CCC(=O)C1=C(Cc2ccccc2)NC(=O)N[C@H]1c1ccc(O)c(Cl)c1. The van der Waals surface area contributed by atoms with Crippen LogP contribution >= 0.6 is 11.6 Å². The lowest BCUT2D eigenvalue weighted by Gasteiger charge is -2.30. The molecule has 0 saturated heterocycles. The summed E-state index contributed by atoms with van der Waals surface area (Å²) in [4.78, 5) is 24.9. The first-order valence-corrected chi connectivity index (χ1v) is 8.73. The lowest BCUT2D eigenvalue weighted by Crippen LogP contribution is -2.46. The zero-order chi connectivity index (χ0) is 18.7. The van der Waals surface area contributed by atoms with Crippen LogP contribution in [0.3, 0.4) is 0 Å². The summed E-state index contributed by atoms with van der Waals surface area (Å²) in [5.41, 5.74) is 2.73. The minimum Gasteiger partial charge on any atom is -0.506 e. The van der Waals surface area contributed by atoms with Crippen molar-refractivity contribution in [3.8, 4) is 5.75 Å². The molecule has 0 spiro atoms. The van der Waals surface area contributed by atoms with Gasteiger partial charge in [0.15, 0.2) is 5.78 Å². The molecule has 0 aromatic heterocycles. The van der Waals surface area contributed by atoms with Crippen LogP contribution in [0.2, 0.25) is 5.02 Å². The molecular formula is C20H19ClN2O3. The molecule has 1 aliphatic rings. The highest BCUT2D eigenvalue weighted by Crippen LogP contribution is 2.33. The number of allylic oxidation sites excluding steroid dienone is 1. The number of benzene rings is 2. The minimum absolute atomic E-state index is 0.0486. The molecule has 134 valence electrons. The molecule has 26 heavy (non-hydrogen) atoms. The average Bonchev–Trinajstić information content (AvgIpc) is 2.64. The molecule has 0 aliphatic carbocycles. The molecule has 1 heterocycles. The van der Waals surface area contributed by atoms with Crippen LogP contribution in [0, 0.1) is 0 Å². The number of ketones is 1. The number of hydrogen-bond acceptors (Lipinski definition) is 3. The van der Waals surface area contributed by atoms with Gasteiger partial charge in [-0.15, -0.1) is 0 Å². The fourth-order valence-corrected chi connectivity index (χ4v) is 3.22. The van der Waals surface area contributed by atoms with Crippen molar-refractivity contribution >= 4 is 23.4 Å².